The highest BCUT2D eigenvalue weighted by Gasteiger charge is 2.40. The second-order valence-electron chi connectivity index (χ2n) is 9.24. The standard InChI is InChI=1S/C24H27F3N4O3S2/c1-14(13-28)29-23(32)19-12-16(25)4-7-18(19)20-21(35-24(30-20)22(26)27)15-2-5-17(6-3-15)31-8-10-36(33,34)11-9-31/h2-3,5-6,14,16,18-19,22H,4,7-12H2,1H3,(H,29,32)/t14-,16-,18+,19+/m0/s1. The van der Waals surface area contributed by atoms with Gasteiger partial charge in [0.15, 0.2) is 14.8 Å². The van der Waals surface area contributed by atoms with E-state index < -0.39 is 46.2 Å². The lowest BCUT2D eigenvalue weighted by Crippen LogP contribution is -2.41. The zero-order chi connectivity index (χ0) is 26.0. The quantitative estimate of drug-likeness (QED) is 0.588. The Kier molecular flexibility index (Phi) is 7.90. The van der Waals surface area contributed by atoms with Crippen LogP contribution in [0.2, 0.25) is 0 Å². The predicted molar refractivity (Wildman–Crippen MR) is 132 cm³/mol. The summed E-state index contributed by atoms with van der Waals surface area (Å²) in [5.74, 6) is -1.71. The summed E-state index contributed by atoms with van der Waals surface area (Å²) >= 11 is 0.857. The summed E-state index contributed by atoms with van der Waals surface area (Å²) in [6.45, 7) is 2.28. The summed E-state index contributed by atoms with van der Waals surface area (Å²) in [4.78, 5) is 19.6. The summed E-state index contributed by atoms with van der Waals surface area (Å²) in [7, 11) is -3.02. The van der Waals surface area contributed by atoms with Crippen LogP contribution in [0.1, 0.15) is 49.2 Å². The molecular weight excluding hydrogens is 513 g/mol. The maximum Gasteiger partial charge on any atom is 0.289 e. The number of sulfone groups is 1. The molecule has 1 aliphatic heterocycles. The van der Waals surface area contributed by atoms with Crippen molar-refractivity contribution in [3.05, 3.63) is 35.0 Å². The van der Waals surface area contributed by atoms with Crippen LogP contribution in [0.15, 0.2) is 24.3 Å². The van der Waals surface area contributed by atoms with E-state index >= 15 is 0 Å². The summed E-state index contributed by atoms with van der Waals surface area (Å²) in [5.41, 5.74) is 1.83. The maximum atomic E-state index is 14.3. The molecule has 2 aliphatic rings. The van der Waals surface area contributed by atoms with Crippen molar-refractivity contribution in [3.8, 4) is 16.5 Å². The molecule has 4 rings (SSSR count). The van der Waals surface area contributed by atoms with Gasteiger partial charge in [0.2, 0.25) is 5.91 Å². The number of nitrogens with zero attached hydrogens (tertiary/aromatic N) is 3. The Balaban J connectivity index is 1.65. The van der Waals surface area contributed by atoms with Crippen molar-refractivity contribution in [2.45, 2.75) is 50.7 Å². The highest BCUT2D eigenvalue weighted by Crippen LogP contribution is 2.46. The van der Waals surface area contributed by atoms with Crippen molar-refractivity contribution in [1.82, 2.24) is 10.3 Å². The number of benzene rings is 1. The first-order chi connectivity index (χ1) is 17.1. The molecule has 1 saturated carbocycles. The minimum atomic E-state index is -3.02. The largest absolute Gasteiger partial charge is 0.369 e. The van der Waals surface area contributed by atoms with E-state index in [1.165, 1.54) is 6.92 Å². The Morgan fingerprint density at radius 3 is 2.50 bits per heavy atom. The molecule has 0 radical (unpaired) electrons. The molecule has 1 aromatic heterocycles. The summed E-state index contributed by atoms with van der Waals surface area (Å²) in [6, 6.07) is 8.34. The van der Waals surface area contributed by atoms with Gasteiger partial charge in [-0.3, -0.25) is 4.79 Å². The number of hydrogen-bond acceptors (Lipinski definition) is 7. The molecule has 0 unspecified atom stereocenters. The van der Waals surface area contributed by atoms with Crippen molar-refractivity contribution in [1.29, 1.82) is 5.26 Å². The Labute approximate surface area is 212 Å². The van der Waals surface area contributed by atoms with Crippen molar-refractivity contribution < 1.29 is 26.4 Å². The van der Waals surface area contributed by atoms with E-state index in [2.05, 4.69) is 10.3 Å². The molecule has 4 atom stereocenters. The molecule has 1 N–H and O–H groups in total. The Hall–Kier alpha value is -2.65. The minimum Gasteiger partial charge on any atom is -0.369 e. The molecule has 0 bridgehead atoms. The van der Waals surface area contributed by atoms with E-state index in [9.17, 15) is 26.4 Å². The van der Waals surface area contributed by atoms with E-state index in [1.54, 1.807) is 12.1 Å². The summed E-state index contributed by atoms with van der Waals surface area (Å²) in [5, 5.41) is 11.3. The third-order valence-corrected chi connectivity index (χ3v) is 9.46. The van der Waals surface area contributed by atoms with Crippen LogP contribution < -0.4 is 10.2 Å². The van der Waals surface area contributed by atoms with Gasteiger partial charge in [-0.1, -0.05) is 12.1 Å². The number of carbonyl (C=O) groups excluding carboxylic acids is 1. The van der Waals surface area contributed by atoms with E-state index in [0.717, 1.165) is 17.0 Å². The van der Waals surface area contributed by atoms with E-state index in [0.29, 0.717) is 29.2 Å². The zero-order valence-electron chi connectivity index (χ0n) is 19.7. The lowest BCUT2D eigenvalue weighted by molar-refractivity contribution is -0.127. The van der Waals surface area contributed by atoms with Crippen LogP contribution in [0.3, 0.4) is 0 Å². The van der Waals surface area contributed by atoms with Crippen LogP contribution >= 0.6 is 11.3 Å². The molecule has 1 saturated heterocycles. The van der Waals surface area contributed by atoms with Crippen molar-refractivity contribution in [3.63, 3.8) is 0 Å². The Morgan fingerprint density at radius 2 is 1.89 bits per heavy atom. The van der Waals surface area contributed by atoms with Gasteiger partial charge in [-0.15, -0.1) is 11.3 Å². The number of thiazole rings is 1. The van der Waals surface area contributed by atoms with Gasteiger partial charge >= 0.3 is 0 Å². The molecule has 2 heterocycles. The highest BCUT2D eigenvalue weighted by molar-refractivity contribution is 7.91. The number of nitrogens with one attached hydrogen (secondary N) is 1. The molecule has 2 aromatic rings. The van der Waals surface area contributed by atoms with Crippen LogP contribution in [0.4, 0.5) is 18.9 Å². The number of amides is 1. The fourth-order valence-corrected chi connectivity index (χ4v) is 6.98. The minimum absolute atomic E-state index is 0.0631. The monoisotopic (exact) mass is 540 g/mol. The van der Waals surface area contributed by atoms with Crippen molar-refractivity contribution in [2.75, 3.05) is 29.5 Å². The molecular formula is C24H27F3N4O3S2. The molecule has 194 valence electrons. The molecule has 0 spiro atoms. The average Bonchev–Trinajstić information content (AvgIpc) is 3.30. The average molecular weight is 541 g/mol. The van der Waals surface area contributed by atoms with Crippen LogP contribution in [0.5, 0.6) is 0 Å². The third kappa shape index (κ3) is 5.83. The van der Waals surface area contributed by atoms with Crippen molar-refractivity contribution >= 4 is 32.8 Å². The molecule has 1 aromatic carbocycles. The summed E-state index contributed by atoms with van der Waals surface area (Å²) < 4.78 is 65.1. The van der Waals surface area contributed by atoms with Crippen LogP contribution in [-0.4, -0.2) is 56.1 Å². The first-order valence-electron chi connectivity index (χ1n) is 11.8. The van der Waals surface area contributed by atoms with Crippen molar-refractivity contribution in [2.24, 2.45) is 5.92 Å². The second-order valence-corrected chi connectivity index (χ2v) is 12.6. The predicted octanol–water partition coefficient (Wildman–Crippen LogP) is 4.23. The number of nitriles is 1. The van der Waals surface area contributed by atoms with E-state index in [1.807, 2.05) is 23.1 Å². The zero-order valence-corrected chi connectivity index (χ0v) is 21.3. The summed E-state index contributed by atoms with van der Waals surface area (Å²) in [6.07, 6.45) is -3.58. The number of rotatable bonds is 6. The van der Waals surface area contributed by atoms with Crippen LogP contribution in [-0.2, 0) is 14.6 Å². The SMILES string of the molecule is C[C@@H](C#N)NC(=O)[C@@H]1C[C@@H](F)CC[C@H]1c1nc(C(F)F)sc1-c1ccc(N2CCS(=O)(=O)CC2)cc1. The fourth-order valence-electron chi connectivity index (χ4n) is 4.78. The first kappa shape index (κ1) is 26.4. The van der Waals surface area contributed by atoms with E-state index in [-0.39, 0.29) is 35.8 Å². The molecule has 36 heavy (non-hydrogen) atoms. The molecule has 1 aliphatic carbocycles. The van der Waals surface area contributed by atoms with Gasteiger partial charge in [-0.2, -0.15) is 5.26 Å². The third-order valence-electron chi connectivity index (χ3n) is 6.72. The topological polar surface area (TPSA) is 103 Å². The maximum absolute atomic E-state index is 14.3. The Bertz CT molecular complexity index is 1230. The number of hydrogen-bond donors (Lipinski definition) is 1. The van der Waals surface area contributed by atoms with Gasteiger partial charge in [0, 0.05) is 30.6 Å². The van der Waals surface area contributed by atoms with E-state index in [4.69, 9.17) is 5.26 Å². The first-order valence-corrected chi connectivity index (χ1v) is 14.4. The van der Waals surface area contributed by atoms with Crippen LogP contribution in [0.25, 0.3) is 10.4 Å². The van der Waals surface area contributed by atoms with Gasteiger partial charge in [0.1, 0.15) is 12.2 Å². The number of aromatic nitrogens is 1. The number of anilines is 1. The molecule has 7 nitrogen and oxygen atoms in total. The van der Waals surface area contributed by atoms with Gasteiger partial charge in [-0.05, 0) is 43.9 Å². The van der Waals surface area contributed by atoms with Gasteiger partial charge in [0.05, 0.1) is 28.1 Å². The van der Waals surface area contributed by atoms with Gasteiger partial charge in [-0.25, -0.2) is 26.6 Å². The Morgan fingerprint density at radius 1 is 1.22 bits per heavy atom. The smallest absolute Gasteiger partial charge is 0.289 e. The lowest BCUT2D eigenvalue weighted by atomic mass is 9.75. The number of alkyl halides is 3. The normalized spacial score (nSPS) is 24.8. The van der Waals surface area contributed by atoms with Gasteiger partial charge < -0.3 is 10.2 Å². The van der Waals surface area contributed by atoms with Crippen LogP contribution in [0, 0.1) is 17.2 Å². The van der Waals surface area contributed by atoms with Gasteiger partial charge in [0.25, 0.3) is 6.43 Å². The number of halogens is 3. The molecule has 12 heteroatoms. The fraction of sp³-hybridized carbons (Fsp3) is 0.542. The molecule has 1 amide bonds. The molecule has 2 fully saturated rings. The number of carbonyl (C=O) groups is 1. The highest BCUT2D eigenvalue weighted by atomic mass is 32.2. The second kappa shape index (κ2) is 10.8. The lowest BCUT2D eigenvalue weighted by Gasteiger charge is -2.32.